The molecule has 0 saturated carbocycles. The Balaban J connectivity index is 1.63. The molecule has 156 valence electrons. The lowest BCUT2D eigenvalue weighted by atomic mass is 10.1. The minimum atomic E-state index is -0.486. The van der Waals surface area contributed by atoms with Crippen molar-refractivity contribution in [1.82, 2.24) is 25.0 Å². The lowest BCUT2D eigenvalue weighted by Crippen LogP contribution is -2.28. The molecule has 1 N–H and O–H groups in total. The number of para-hydroxylation sites is 1. The molecule has 8 heteroatoms. The summed E-state index contributed by atoms with van der Waals surface area (Å²) in [4.78, 5) is 25.3. The third kappa shape index (κ3) is 3.75. The summed E-state index contributed by atoms with van der Waals surface area (Å²) < 4.78 is 3.11. The number of nitrogens with zero attached hydrogens (tertiary/aromatic N) is 5. The number of hydrazone groups is 1. The van der Waals surface area contributed by atoms with Crippen LogP contribution in [0.1, 0.15) is 34.4 Å². The first kappa shape index (κ1) is 20.2. The number of rotatable bonds is 5. The molecule has 31 heavy (non-hydrogen) atoms. The molecule has 4 aromatic rings. The van der Waals surface area contributed by atoms with E-state index in [9.17, 15) is 9.59 Å². The Bertz CT molecular complexity index is 1350. The zero-order valence-electron chi connectivity index (χ0n) is 17.5. The Kier molecular flexibility index (Phi) is 5.44. The predicted octanol–water partition coefficient (Wildman–Crippen LogP) is 2.98. The van der Waals surface area contributed by atoms with Crippen LogP contribution >= 0.6 is 0 Å². The van der Waals surface area contributed by atoms with Gasteiger partial charge < -0.3 is 0 Å². The number of carbonyl (C=O) groups is 1. The van der Waals surface area contributed by atoms with Gasteiger partial charge in [-0.05, 0) is 39.0 Å². The highest BCUT2D eigenvalue weighted by Crippen LogP contribution is 2.16. The van der Waals surface area contributed by atoms with Gasteiger partial charge in [-0.25, -0.2) is 14.8 Å². The zero-order chi connectivity index (χ0) is 22.0. The number of aromatic nitrogens is 4. The van der Waals surface area contributed by atoms with E-state index in [2.05, 4.69) is 20.7 Å². The van der Waals surface area contributed by atoms with Crippen LogP contribution in [0.25, 0.3) is 16.5 Å². The Labute approximate surface area is 178 Å². The van der Waals surface area contributed by atoms with E-state index in [-0.39, 0.29) is 11.3 Å². The monoisotopic (exact) mass is 414 g/mol. The van der Waals surface area contributed by atoms with Crippen LogP contribution in [0.5, 0.6) is 0 Å². The predicted molar refractivity (Wildman–Crippen MR) is 120 cm³/mol. The van der Waals surface area contributed by atoms with Crippen molar-refractivity contribution in [1.29, 1.82) is 0 Å². The molecule has 0 aliphatic rings. The molecule has 0 unspecified atom stereocenters. The van der Waals surface area contributed by atoms with Gasteiger partial charge in [0.2, 0.25) is 0 Å². The van der Waals surface area contributed by atoms with Crippen molar-refractivity contribution in [3.8, 4) is 5.69 Å². The number of hydrogen-bond donors (Lipinski definition) is 1. The highest BCUT2D eigenvalue weighted by molar-refractivity contribution is 6.05. The minimum absolute atomic E-state index is 0.155. The summed E-state index contributed by atoms with van der Waals surface area (Å²) in [5.41, 5.74) is 5.93. The fourth-order valence-electron chi connectivity index (χ4n) is 3.49. The smallest absolute Gasteiger partial charge is 0.267 e. The minimum Gasteiger partial charge on any atom is -0.267 e. The van der Waals surface area contributed by atoms with Crippen molar-refractivity contribution in [2.24, 2.45) is 5.10 Å². The van der Waals surface area contributed by atoms with Crippen LogP contribution in [0, 0.1) is 13.8 Å². The molecule has 0 aliphatic heterocycles. The first-order valence-corrected chi connectivity index (χ1v) is 9.96. The van der Waals surface area contributed by atoms with Gasteiger partial charge in [0.15, 0.2) is 5.69 Å². The van der Waals surface area contributed by atoms with E-state index in [0.717, 1.165) is 22.6 Å². The van der Waals surface area contributed by atoms with Crippen LogP contribution in [0.15, 0.2) is 64.5 Å². The molecule has 0 spiro atoms. The molecule has 2 aromatic heterocycles. The topological polar surface area (TPSA) is 94.2 Å². The molecule has 0 atom stereocenters. The van der Waals surface area contributed by atoms with Gasteiger partial charge in [0.05, 0.1) is 28.7 Å². The quantitative estimate of drug-likeness (QED) is 0.401. The normalized spacial score (nSPS) is 11.3. The van der Waals surface area contributed by atoms with E-state index in [0.29, 0.717) is 17.3 Å². The van der Waals surface area contributed by atoms with E-state index >= 15 is 0 Å². The summed E-state index contributed by atoms with van der Waals surface area (Å²) in [5.74, 6) is -0.486. The molecular weight excluding hydrogens is 392 g/mol. The third-order valence-corrected chi connectivity index (χ3v) is 5.09. The van der Waals surface area contributed by atoms with Crippen molar-refractivity contribution >= 4 is 22.9 Å². The van der Waals surface area contributed by atoms with Crippen molar-refractivity contribution < 1.29 is 4.79 Å². The van der Waals surface area contributed by atoms with Crippen LogP contribution in [0.4, 0.5) is 0 Å². The SMILES string of the molecule is CCn1nc(C(=O)N/N=C/c2c(C)nn(-c3ccccc3)c2C)c2ccccc2c1=O. The fraction of sp³-hybridized carbons (Fsp3) is 0.174. The summed E-state index contributed by atoms with van der Waals surface area (Å²) in [6.07, 6.45) is 1.58. The van der Waals surface area contributed by atoms with Crippen LogP contribution in [0.2, 0.25) is 0 Å². The summed E-state index contributed by atoms with van der Waals surface area (Å²) in [5, 5.41) is 13.9. The summed E-state index contributed by atoms with van der Waals surface area (Å²) in [6, 6.07) is 16.7. The van der Waals surface area contributed by atoms with E-state index in [1.807, 2.05) is 48.9 Å². The molecule has 0 aliphatic carbocycles. The molecule has 2 heterocycles. The summed E-state index contributed by atoms with van der Waals surface area (Å²) >= 11 is 0. The number of fused-ring (bicyclic) bond motifs is 1. The molecule has 0 bridgehead atoms. The van der Waals surface area contributed by atoms with Crippen LogP contribution < -0.4 is 11.0 Å². The van der Waals surface area contributed by atoms with Gasteiger partial charge in [-0.2, -0.15) is 15.3 Å². The molecular formula is C23H22N6O2. The summed E-state index contributed by atoms with van der Waals surface area (Å²) in [7, 11) is 0. The summed E-state index contributed by atoms with van der Waals surface area (Å²) in [6.45, 7) is 6.01. The van der Waals surface area contributed by atoms with Crippen molar-refractivity contribution in [3.63, 3.8) is 0 Å². The van der Waals surface area contributed by atoms with Gasteiger partial charge >= 0.3 is 0 Å². The average molecular weight is 414 g/mol. The van der Waals surface area contributed by atoms with Gasteiger partial charge in [0, 0.05) is 17.5 Å². The van der Waals surface area contributed by atoms with Crippen LogP contribution in [-0.2, 0) is 6.54 Å². The Morgan fingerprint density at radius 2 is 1.71 bits per heavy atom. The van der Waals surface area contributed by atoms with E-state index < -0.39 is 5.91 Å². The lowest BCUT2D eigenvalue weighted by Gasteiger charge is -2.08. The maximum atomic E-state index is 12.8. The largest absolute Gasteiger partial charge is 0.292 e. The fourth-order valence-corrected chi connectivity index (χ4v) is 3.49. The highest BCUT2D eigenvalue weighted by atomic mass is 16.2. The second-order valence-electron chi connectivity index (χ2n) is 7.05. The average Bonchev–Trinajstić information content (AvgIpc) is 3.08. The Hall–Kier alpha value is -4.07. The Morgan fingerprint density at radius 1 is 1.03 bits per heavy atom. The van der Waals surface area contributed by atoms with Crippen LogP contribution in [0.3, 0.4) is 0 Å². The molecule has 1 amide bonds. The number of amides is 1. The van der Waals surface area contributed by atoms with Gasteiger partial charge in [0.25, 0.3) is 11.5 Å². The van der Waals surface area contributed by atoms with Gasteiger partial charge in [-0.1, -0.05) is 36.4 Å². The van der Waals surface area contributed by atoms with Crippen molar-refractivity contribution in [2.75, 3.05) is 0 Å². The number of carbonyl (C=O) groups excluding carboxylic acids is 1. The lowest BCUT2D eigenvalue weighted by molar-refractivity contribution is 0.0949. The molecule has 4 rings (SSSR count). The zero-order valence-corrected chi connectivity index (χ0v) is 17.5. The first-order valence-electron chi connectivity index (χ1n) is 9.96. The van der Waals surface area contributed by atoms with Gasteiger partial charge in [-0.15, -0.1) is 0 Å². The molecule has 8 nitrogen and oxygen atoms in total. The molecule has 0 radical (unpaired) electrons. The van der Waals surface area contributed by atoms with Crippen molar-refractivity contribution in [3.05, 3.63) is 87.6 Å². The maximum Gasteiger partial charge on any atom is 0.292 e. The number of nitrogens with one attached hydrogen (secondary N) is 1. The Morgan fingerprint density at radius 3 is 2.42 bits per heavy atom. The standard InChI is InChI=1S/C23H22N6O2/c1-4-28-23(31)19-13-9-8-12-18(19)21(27-28)22(30)25-24-14-20-15(2)26-29(16(20)3)17-10-6-5-7-11-17/h5-14H,4H2,1-3H3,(H,25,30)/b24-14+. The van der Waals surface area contributed by atoms with Crippen molar-refractivity contribution in [2.45, 2.75) is 27.3 Å². The van der Waals surface area contributed by atoms with E-state index in [1.165, 1.54) is 4.68 Å². The highest BCUT2D eigenvalue weighted by Gasteiger charge is 2.16. The van der Waals surface area contributed by atoms with Gasteiger partial charge in [0.1, 0.15) is 0 Å². The number of benzene rings is 2. The number of hydrogen-bond acceptors (Lipinski definition) is 5. The molecule has 0 saturated heterocycles. The second-order valence-corrected chi connectivity index (χ2v) is 7.05. The second kappa shape index (κ2) is 8.35. The van der Waals surface area contributed by atoms with Crippen LogP contribution in [-0.4, -0.2) is 31.7 Å². The third-order valence-electron chi connectivity index (χ3n) is 5.09. The maximum absolute atomic E-state index is 12.8. The van der Waals surface area contributed by atoms with E-state index in [4.69, 9.17) is 0 Å². The van der Waals surface area contributed by atoms with E-state index in [1.54, 1.807) is 37.4 Å². The number of aryl methyl sites for hydroxylation is 2. The first-order chi connectivity index (χ1) is 15.0. The van der Waals surface area contributed by atoms with Gasteiger partial charge in [-0.3, -0.25) is 9.59 Å². The molecule has 0 fully saturated rings. The molecule has 2 aromatic carbocycles.